The van der Waals surface area contributed by atoms with Crippen LogP contribution in [0, 0.1) is 16.7 Å². The maximum atomic E-state index is 16.4. The number of alkyl carbamates (subject to hydrolysis) is 1. The van der Waals surface area contributed by atoms with Gasteiger partial charge in [-0.25, -0.2) is 24.0 Å². The summed E-state index contributed by atoms with van der Waals surface area (Å²) < 4.78 is 118. The van der Waals surface area contributed by atoms with E-state index in [0.717, 1.165) is 6.92 Å². The second kappa shape index (κ2) is 22.0. The number of carbonyl (C=O) groups excluding carboxylic acids is 7. The van der Waals surface area contributed by atoms with Crippen LogP contribution in [0.1, 0.15) is 102 Å². The number of halogens is 6. The van der Waals surface area contributed by atoms with E-state index in [-0.39, 0.29) is 16.7 Å². The van der Waals surface area contributed by atoms with Crippen LogP contribution in [-0.2, 0) is 57.0 Å². The first kappa shape index (κ1) is 46.9. The van der Waals surface area contributed by atoms with E-state index in [2.05, 4.69) is 0 Å². The van der Waals surface area contributed by atoms with Crippen molar-refractivity contribution in [1.29, 1.82) is 0 Å². The topological polar surface area (TPSA) is 255 Å². The van der Waals surface area contributed by atoms with Crippen molar-refractivity contribution in [2.75, 3.05) is 19.8 Å². The minimum Gasteiger partial charge on any atom is -0.456 e. The van der Waals surface area contributed by atoms with Crippen LogP contribution >= 0.6 is 69.6 Å². The molecule has 2 bridgehead atoms. The first-order valence-electron chi connectivity index (χ1n) is 26.7. The second-order valence-corrected chi connectivity index (χ2v) is 23.7. The van der Waals surface area contributed by atoms with Gasteiger partial charge in [0.25, 0.3) is 0 Å². The molecule has 0 aromatic heterocycles. The van der Waals surface area contributed by atoms with Crippen LogP contribution in [0.15, 0.2) is 71.8 Å². The molecule has 3 N–H and O–H groups in total. The van der Waals surface area contributed by atoms with Gasteiger partial charge in [-0.2, -0.15) is 0 Å². The van der Waals surface area contributed by atoms with Crippen molar-refractivity contribution < 1.29 is 98.7 Å². The molecule has 0 spiro atoms. The molecule has 0 unspecified atom stereocenters. The smallest absolute Gasteiger partial charge is 0.456 e. The van der Waals surface area contributed by atoms with Gasteiger partial charge in [0.15, 0.2) is 23.6 Å². The third-order valence-corrected chi connectivity index (χ3v) is 14.2. The molecule has 2 saturated carbocycles. The number of ketones is 1. The molecule has 1 aliphatic heterocycles. The van der Waals surface area contributed by atoms with Crippen molar-refractivity contribution in [1.82, 2.24) is 5.32 Å². The summed E-state index contributed by atoms with van der Waals surface area (Å²) in [4.78, 5) is 101. The van der Waals surface area contributed by atoms with E-state index in [0.29, 0.717) is 0 Å². The summed E-state index contributed by atoms with van der Waals surface area (Å²) in [7, 11) is 0. The lowest BCUT2D eigenvalue weighted by molar-refractivity contribution is -0.346. The average Bonchev–Trinajstić information content (AvgIpc) is 1.38. The molecule has 1 saturated heterocycles. The van der Waals surface area contributed by atoms with Crippen molar-refractivity contribution in [3.63, 3.8) is 0 Å². The Kier molecular flexibility index (Phi) is 13.9. The molecule has 11 atom stereocenters. The largest absolute Gasteiger partial charge is 0.509 e. The van der Waals surface area contributed by atoms with Gasteiger partial charge in [0.1, 0.15) is 48.8 Å². The Morgan fingerprint density at radius 2 is 1.42 bits per heavy atom. The molecule has 3 fully saturated rings. The van der Waals surface area contributed by atoms with Crippen LogP contribution in [0.3, 0.4) is 0 Å². The van der Waals surface area contributed by atoms with E-state index in [1.807, 2.05) is 5.32 Å². The molecule has 25 heteroatoms. The molecule has 19 nitrogen and oxygen atoms in total. The van der Waals surface area contributed by atoms with E-state index in [1.165, 1.54) is 82.3 Å². The fourth-order valence-corrected chi connectivity index (χ4v) is 10.5. The van der Waals surface area contributed by atoms with Gasteiger partial charge in [0.05, 0.1) is 29.5 Å². The summed E-state index contributed by atoms with van der Waals surface area (Å²) in [5.41, 5.74) is -14.8. The normalized spacial score (nSPS) is 31.5. The van der Waals surface area contributed by atoms with E-state index < -0.39 is 185 Å². The molecule has 1 heterocycles. The minimum atomic E-state index is -4.19. The molecule has 1 amide bonds. The molecule has 4 aliphatic rings. The van der Waals surface area contributed by atoms with Gasteiger partial charge in [-0.05, 0) is 63.2 Å². The predicted molar refractivity (Wildman–Crippen MR) is 265 cm³/mol. The standard InChI is InChI=1S/C49H55Cl6NO18/c1-24-28(69-39(61)33(58)32(26-15-11-9-12-16-26)56-40(62)74-43(3,4)5)20-47(65)37(72-38(60)27-17-13-10-14-18-27)35-45(8,36(59)34(31(24)44(47,6)7)71-42(64)68-23-49(53,54)55)29(70-41(63)67-22-48(50,51)52)19-30-46(35,21-66-30)73-25(2)57/h9-18,28-30,32-35,37,58,65H,19-23H2,1-8H3,(H,56,62)/t28-,29-,30+,32+,33-,34+,35-,37-,45+,46-,47+/m0/s1/i3D3,4D3,5D3. The average molecular weight is 1170 g/mol. The number of benzene rings is 2. The summed E-state index contributed by atoms with van der Waals surface area (Å²) in [6, 6.07) is 11.6. The molecule has 2 aromatic rings. The molecule has 3 aliphatic carbocycles. The van der Waals surface area contributed by atoms with E-state index in [9.17, 15) is 39.0 Å². The first-order chi connectivity index (χ1) is 37.9. The van der Waals surface area contributed by atoms with Gasteiger partial charge in [-0.3, -0.25) is 9.59 Å². The molecular weight excluding hydrogens is 1100 g/mol. The number of alkyl halides is 6. The third kappa shape index (κ3) is 12.4. The van der Waals surface area contributed by atoms with Crippen LogP contribution in [-0.4, -0.2) is 133 Å². The highest BCUT2D eigenvalue weighted by Gasteiger charge is 2.79. The van der Waals surface area contributed by atoms with Crippen LogP contribution in [0.2, 0.25) is 0 Å². The van der Waals surface area contributed by atoms with Crippen molar-refractivity contribution in [3.8, 4) is 0 Å². The maximum Gasteiger partial charge on any atom is 0.509 e. The number of ether oxygens (including phenoxy) is 9. The Morgan fingerprint density at radius 3 is 1.95 bits per heavy atom. The lowest BCUT2D eigenvalue weighted by Crippen LogP contribution is -2.82. The van der Waals surface area contributed by atoms with Crippen molar-refractivity contribution in [2.24, 2.45) is 16.7 Å². The molecule has 2 aromatic carbocycles. The number of nitrogens with one attached hydrogen (secondary N) is 1. The van der Waals surface area contributed by atoms with Gasteiger partial charge in [-0.1, -0.05) is 132 Å². The highest BCUT2D eigenvalue weighted by atomic mass is 35.6. The zero-order valence-electron chi connectivity index (χ0n) is 48.6. The number of hydrogen-bond donors (Lipinski definition) is 3. The minimum absolute atomic E-state index is 0.149. The van der Waals surface area contributed by atoms with Crippen LogP contribution in [0.4, 0.5) is 14.4 Å². The summed E-state index contributed by atoms with van der Waals surface area (Å²) in [6.07, 6.45) is -19.3. The third-order valence-electron chi connectivity index (χ3n) is 13.5. The van der Waals surface area contributed by atoms with Gasteiger partial charge in [0, 0.05) is 37.5 Å². The van der Waals surface area contributed by atoms with Gasteiger partial charge >= 0.3 is 36.3 Å². The Hall–Kier alpha value is -4.31. The Labute approximate surface area is 468 Å². The predicted octanol–water partition coefficient (Wildman–Crippen LogP) is 8.32. The summed E-state index contributed by atoms with van der Waals surface area (Å²) in [5, 5.41) is 28.1. The van der Waals surface area contributed by atoms with E-state index in [4.69, 9.17) is 125 Å². The fraction of sp³-hybridized carbons (Fsp3) is 0.571. The zero-order valence-corrected chi connectivity index (χ0v) is 44.2. The number of esters is 3. The molecule has 0 radical (unpaired) electrons. The summed E-state index contributed by atoms with van der Waals surface area (Å²) >= 11 is 35.3. The number of aliphatic hydroxyl groups excluding tert-OH is 1. The number of carbonyl (C=O) groups is 7. The van der Waals surface area contributed by atoms with Gasteiger partial charge in [0.2, 0.25) is 7.59 Å². The molecule has 406 valence electrons. The Morgan fingerprint density at radius 1 is 0.851 bits per heavy atom. The number of fused-ring (bicyclic) bond motifs is 5. The summed E-state index contributed by atoms with van der Waals surface area (Å²) in [5.74, 6) is -7.16. The number of aliphatic hydroxyl groups is 2. The molecule has 74 heavy (non-hydrogen) atoms. The van der Waals surface area contributed by atoms with Crippen LogP contribution < -0.4 is 5.32 Å². The maximum absolute atomic E-state index is 16.4. The number of Topliss-reactive ketones (excluding diaryl/α,β-unsaturated/α-hetero) is 1. The highest BCUT2D eigenvalue weighted by Crippen LogP contribution is 2.65. The first-order valence-corrected chi connectivity index (χ1v) is 24.5. The SMILES string of the molecule is [2H]C([2H])([2H])C(OC(=O)N[C@H](c1ccccc1)[C@H](O)C(=O)O[C@H]1C[C@@]2(O)[C@@H](OC(=O)c3ccccc3)[C@@H]3[C@]4(OC(C)=O)CO[C@@H]4C[C@H](OC(=O)OCC(Cl)(Cl)Cl)[C@@]3(C)C(=O)[C@H](OC(=O)OCC(Cl)(Cl)Cl)C(=C1C)C2(C)C)(C([2H])([2H])[2H])C([2H])([2H])[2H]. The van der Waals surface area contributed by atoms with Crippen molar-refractivity contribution in [3.05, 3.63) is 82.9 Å². The highest BCUT2D eigenvalue weighted by molar-refractivity contribution is 6.68. The van der Waals surface area contributed by atoms with Crippen molar-refractivity contribution in [2.45, 2.75) is 135 Å². The molecule has 6 rings (SSSR count). The zero-order chi connectivity index (χ0) is 62.6. The van der Waals surface area contributed by atoms with Crippen molar-refractivity contribution >= 4 is 112 Å². The number of amides is 1. The summed E-state index contributed by atoms with van der Waals surface area (Å²) in [6.45, 7) is -8.64. The van der Waals surface area contributed by atoms with E-state index >= 15 is 4.79 Å². The van der Waals surface area contributed by atoms with Crippen LogP contribution in [0.5, 0.6) is 0 Å². The van der Waals surface area contributed by atoms with Crippen LogP contribution in [0.25, 0.3) is 0 Å². The lowest BCUT2D eigenvalue weighted by atomic mass is 9.44. The van der Waals surface area contributed by atoms with Gasteiger partial charge in [-0.15, -0.1) is 0 Å². The fourth-order valence-electron chi connectivity index (χ4n) is 10.2. The second-order valence-electron chi connectivity index (χ2n) is 18.6. The number of hydrogen-bond acceptors (Lipinski definition) is 18. The lowest BCUT2D eigenvalue weighted by Gasteiger charge is -2.67. The van der Waals surface area contributed by atoms with E-state index in [1.54, 1.807) is 6.07 Å². The number of rotatable bonds is 12. The Balaban J connectivity index is 1.59. The Bertz CT molecular complexity index is 2820. The quantitative estimate of drug-likeness (QED) is 0.0781. The molecular formula is C49H55Cl6NO18. The van der Waals surface area contributed by atoms with Gasteiger partial charge < -0.3 is 58.2 Å². The monoisotopic (exact) mass is 1160 g/mol.